The van der Waals surface area contributed by atoms with Crippen LogP contribution in [0.5, 0.6) is 0 Å². The van der Waals surface area contributed by atoms with E-state index in [-0.39, 0.29) is 12.4 Å². The Morgan fingerprint density at radius 1 is 1.70 bits per heavy atom. The molecule has 0 spiro atoms. The number of rotatable bonds is 2. The molecule has 1 rings (SSSR count). The molecule has 1 heterocycles. The molecule has 2 nitrogen and oxygen atoms in total. The minimum atomic E-state index is 0. The summed E-state index contributed by atoms with van der Waals surface area (Å²) in [7, 11) is 1.91. The van der Waals surface area contributed by atoms with Crippen molar-refractivity contribution >= 4 is 28.7 Å². The molecule has 0 radical (unpaired) electrons. The van der Waals surface area contributed by atoms with Crippen molar-refractivity contribution < 1.29 is 0 Å². The number of anilines is 1. The molecule has 0 saturated carbocycles. The maximum Gasteiger partial charge on any atom is 0.108 e. The van der Waals surface area contributed by atoms with Crippen LogP contribution < -0.4 is 5.32 Å². The van der Waals surface area contributed by atoms with Crippen LogP contribution >= 0.6 is 23.7 Å². The van der Waals surface area contributed by atoms with Crippen molar-refractivity contribution in [1.82, 2.24) is 4.98 Å². The van der Waals surface area contributed by atoms with Crippen molar-refractivity contribution in [2.24, 2.45) is 0 Å². The number of aryl methyl sites for hydroxylation is 1. The molecule has 1 aromatic rings. The van der Waals surface area contributed by atoms with E-state index >= 15 is 0 Å². The Kier molecular flexibility index (Phi) is 4.40. The number of hydrogen-bond acceptors (Lipinski definition) is 3. The van der Waals surface area contributed by atoms with Crippen molar-refractivity contribution in [1.29, 1.82) is 0 Å². The summed E-state index contributed by atoms with van der Waals surface area (Å²) in [6.45, 7) is 2.11. The monoisotopic (exact) mass is 178 g/mol. The zero-order valence-corrected chi connectivity index (χ0v) is 7.68. The average Bonchev–Trinajstić information content (AvgIpc) is 2.34. The standard InChI is InChI=1S/C6H10N2S.ClH/c1-3-5-8-4-6(7-2)9-5;/h4,7H,3H2,1-2H3;1H. The van der Waals surface area contributed by atoms with Gasteiger partial charge in [-0.25, -0.2) is 4.98 Å². The quantitative estimate of drug-likeness (QED) is 0.751. The van der Waals surface area contributed by atoms with E-state index in [0.29, 0.717) is 0 Å². The molecule has 0 saturated heterocycles. The van der Waals surface area contributed by atoms with Crippen LogP contribution in [0.4, 0.5) is 5.00 Å². The Bertz CT molecular complexity index is 169. The molecule has 1 N–H and O–H groups in total. The van der Waals surface area contributed by atoms with Crippen molar-refractivity contribution in [3.05, 3.63) is 11.2 Å². The zero-order valence-electron chi connectivity index (χ0n) is 6.05. The van der Waals surface area contributed by atoms with Gasteiger partial charge >= 0.3 is 0 Å². The van der Waals surface area contributed by atoms with Gasteiger partial charge in [0.15, 0.2) is 0 Å². The second-order valence-electron chi connectivity index (χ2n) is 1.72. The lowest BCUT2D eigenvalue weighted by molar-refractivity contribution is 1.09. The van der Waals surface area contributed by atoms with E-state index in [1.54, 1.807) is 11.3 Å². The predicted octanol–water partition coefficient (Wildman–Crippen LogP) is 2.17. The molecule has 0 aromatic carbocycles. The normalized spacial score (nSPS) is 8.60. The van der Waals surface area contributed by atoms with Crippen molar-refractivity contribution in [2.45, 2.75) is 13.3 Å². The maximum atomic E-state index is 4.16. The van der Waals surface area contributed by atoms with Crippen LogP contribution in [-0.2, 0) is 6.42 Å². The fraction of sp³-hybridized carbons (Fsp3) is 0.500. The highest BCUT2D eigenvalue weighted by Gasteiger charge is 1.94. The van der Waals surface area contributed by atoms with Crippen LogP contribution in [0.1, 0.15) is 11.9 Å². The second-order valence-corrected chi connectivity index (χ2v) is 2.84. The van der Waals surface area contributed by atoms with E-state index in [2.05, 4.69) is 17.2 Å². The van der Waals surface area contributed by atoms with Gasteiger partial charge in [-0.15, -0.1) is 23.7 Å². The molecule has 0 aliphatic carbocycles. The summed E-state index contributed by atoms with van der Waals surface area (Å²) in [6, 6.07) is 0. The van der Waals surface area contributed by atoms with E-state index in [4.69, 9.17) is 0 Å². The molecule has 10 heavy (non-hydrogen) atoms. The summed E-state index contributed by atoms with van der Waals surface area (Å²) in [5.74, 6) is 0. The molecule has 0 amide bonds. The fourth-order valence-electron chi connectivity index (χ4n) is 0.589. The lowest BCUT2D eigenvalue weighted by Gasteiger charge is -1.86. The number of aromatic nitrogens is 1. The van der Waals surface area contributed by atoms with Crippen LogP contribution in [0.3, 0.4) is 0 Å². The molecule has 0 bridgehead atoms. The predicted molar refractivity (Wildman–Crippen MR) is 48.3 cm³/mol. The van der Waals surface area contributed by atoms with E-state index in [1.165, 1.54) is 5.01 Å². The molecular weight excluding hydrogens is 168 g/mol. The Hall–Kier alpha value is -0.280. The van der Waals surface area contributed by atoms with E-state index in [0.717, 1.165) is 11.4 Å². The SMILES string of the molecule is CCc1ncc(NC)s1.Cl. The molecule has 0 fully saturated rings. The summed E-state index contributed by atoms with van der Waals surface area (Å²) < 4.78 is 0. The molecule has 58 valence electrons. The lowest BCUT2D eigenvalue weighted by atomic mass is 10.5. The largest absolute Gasteiger partial charge is 0.379 e. The number of hydrogen-bond donors (Lipinski definition) is 1. The van der Waals surface area contributed by atoms with Crippen LogP contribution in [0.25, 0.3) is 0 Å². The number of thiazole rings is 1. The third kappa shape index (κ3) is 2.15. The number of nitrogens with one attached hydrogen (secondary N) is 1. The molecular formula is C6H11ClN2S. The first-order chi connectivity index (χ1) is 4.36. The Morgan fingerprint density at radius 3 is 2.70 bits per heavy atom. The number of nitrogens with zero attached hydrogens (tertiary/aromatic N) is 1. The van der Waals surface area contributed by atoms with Gasteiger partial charge in [0.05, 0.1) is 11.2 Å². The minimum absolute atomic E-state index is 0. The van der Waals surface area contributed by atoms with Gasteiger partial charge in [-0.2, -0.15) is 0 Å². The van der Waals surface area contributed by atoms with Gasteiger partial charge in [0.25, 0.3) is 0 Å². The average molecular weight is 179 g/mol. The zero-order chi connectivity index (χ0) is 6.69. The van der Waals surface area contributed by atoms with Gasteiger partial charge in [0.2, 0.25) is 0 Å². The highest BCUT2D eigenvalue weighted by Crippen LogP contribution is 2.17. The first-order valence-corrected chi connectivity index (χ1v) is 3.81. The Morgan fingerprint density at radius 2 is 2.40 bits per heavy atom. The highest BCUT2D eigenvalue weighted by atomic mass is 35.5. The van der Waals surface area contributed by atoms with E-state index < -0.39 is 0 Å². The maximum absolute atomic E-state index is 4.16. The van der Waals surface area contributed by atoms with Crippen molar-refractivity contribution in [3.63, 3.8) is 0 Å². The van der Waals surface area contributed by atoms with Crippen molar-refractivity contribution in [3.8, 4) is 0 Å². The Labute approximate surface area is 71.1 Å². The third-order valence-electron chi connectivity index (χ3n) is 1.10. The third-order valence-corrected chi connectivity index (χ3v) is 2.26. The van der Waals surface area contributed by atoms with Gasteiger partial charge < -0.3 is 5.32 Å². The van der Waals surface area contributed by atoms with Gasteiger partial charge in [-0.05, 0) is 6.42 Å². The lowest BCUT2D eigenvalue weighted by Crippen LogP contribution is -1.80. The van der Waals surface area contributed by atoms with E-state index in [1.807, 2.05) is 13.2 Å². The minimum Gasteiger partial charge on any atom is -0.379 e. The molecule has 0 aliphatic rings. The topological polar surface area (TPSA) is 24.9 Å². The van der Waals surface area contributed by atoms with Crippen LogP contribution in [-0.4, -0.2) is 12.0 Å². The summed E-state index contributed by atoms with van der Waals surface area (Å²) in [5, 5.41) is 5.38. The van der Waals surface area contributed by atoms with Crippen LogP contribution in [0.2, 0.25) is 0 Å². The molecule has 0 atom stereocenters. The van der Waals surface area contributed by atoms with Gasteiger partial charge in [-0.1, -0.05) is 6.92 Å². The highest BCUT2D eigenvalue weighted by molar-refractivity contribution is 7.15. The molecule has 1 aromatic heterocycles. The van der Waals surface area contributed by atoms with E-state index in [9.17, 15) is 0 Å². The molecule has 0 unspecified atom stereocenters. The first kappa shape index (κ1) is 9.72. The summed E-state index contributed by atoms with van der Waals surface area (Å²) in [4.78, 5) is 4.16. The summed E-state index contributed by atoms with van der Waals surface area (Å²) in [5.41, 5.74) is 0. The first-order valence-electron chi connectivity index (χ1n) is 2.99. The van der Waals surface area contributed by atoms with Gasteiger partial charge in [0.1, 0.15) is 5.00 Å². The number of halogens is 1. The van der Waals surface area contributed by atoms with Crippen LogP contribution in [0, 0.1) is 0 Å². The fourth-order valence-corrected chi connectivity index (χ4v) is 1.30. The smallest absolute Gasteiger partial charge is 0.108 e. The molecule has 4 heteroatoms. The van der Waals surface area contributed by atoms with Gasteiger partial charge in [0, 0.05) is 7.05 Å². The molecule has 0 aliphatic heterocycles. The Balaban J connectivity index is 0.000000810. The summed E-state index contributed by atoms with van der Waals surface area (Å²) in [6.07, 6.45) is 2.90. The van der Waals surface area contributed by atoms with Crippen LogP contribution in [0.15, 0.2) is 6.20 Å². The van der Waals surface area contributed by atoms with Gasteiger partial charge in [-0.3, -0.25) is 0 Å². The summed E-state index contributed by atoms with van der Waals surface area (Å²) >= 11 is 1.71. The van der Waals surface area contributed by atoms with Crippen molar-refractivity contribution in [2.75, 3.05) is 12.4 Å². The second kappa shape index (κ2) is 4.52.